The van der Waals surface area contributed by atoms with Gasteiger partial charge in [-0.25, -0.2) is 0 Å². The molecule has 5 heteroatoms. The van der Waals surface area contributed by atoms with Gasteiger partial charge in [-0.15, -0.1) is 0 Å². The van der Waals surface area contributed by atoms with Gasteiger partial charge in [-0.05, 0) is 50.2 Å². The third-order valence-electron chi connectivity index (χ3n) is 5.83. The van der Waals surface area contributed by atoms with Crippen LogP contribution in [0.25, 0.3) is 0 Å². The smallest absolute Gasteiger partial charge is 0.191 e. The Morgan fingerprint density at radius 3 is 2.54 bits per heavy atom. The highest BCUT2D eigenvalue weighted by Gasteiger charge is 2.35. The zero-order valence-electron chi connectivity index (χ0n) is 18.4. The van der Waals surface area contributed by atoms with E-state index in [0.717, 1.165) is 58.1 Å². The van der Waals surface area contributed by atoms with Crippen LogP contribution in [0.5, 0.6) is 0 Å². The van der Waals surface area contributed by atoms with E-state index in [1.807, 2.05) is 7.05 Å². The maximum atomic E-state index is 5.85. The molecule has 1 aromatic rings. The number of hydrogen-bond donors (Lipinski definition) is 2. The van der Waals surface area contributed by atoms with Crippen LogP contribution in [0.1, 0.15) is 51.2 Å². The molecular formula is C23H39N3O2. The summed E-state index contributed by atoms with van der Waals surface area (Å²) in [4.78, 5) is 4.43. The lowest BCUT2D eigenvalue weighted by Crippen LogP contribution is -2.48. The molecule has 1 aliphatic heterocycles. The third kappa shape index (κ3) is 6.21. The van der Waals surface area contributed by atoms with Crippen LogP contribution in [0.15, 0.2) is 29.3 Å². The molecule has 1 atom stereocenters. The van der Waals surface area contributed by atoms with Gasteiger partial charge in [-0.3, -0.25) is 4.99 Å². The van der Waals surface area contributed by atoms with Crippen molar-refractivity contribution in [3.8, 4) is 0 Å². The predicted octanol–water partition coefficient (Wildman–Crippen LogP) is 3.66. The van der Waals surface area contributed by atoms with Crippen molar-refractivity contribution in [2.75, 3.05) is 40.0 Å². The van der Waals surface area contributed by atoms with Crippen molar-refractivity contribution in [2.24, 2.45) is 10.9 Å². The van der Waals surface area contributed by atoms with Crippen LogP contribution in [-0.4, -0.2) is 52.0 Å². The quantitative estimate of drug-likeness (QED) is 0.500. The zero-order chi connectivity index (χ0) is 20.4. The largest absolute Gasteiger partial charge is 0.381 e. The molecule has 2 N–H and O–H groups in total. The molecule has 0 saturated carbocycles. The minimum absolute atomic E-state index is 0.0903. The van der Waals surface area contributed by atoms with Crippen molar-refractivity contribution >= 4 is 5.96 Å². The number of nitrogens with zero attached hydrogens (tertiary/aromatic N) is 1. The Morgan fingerprint density at radius 2 is 1.93 bits per heavy atom. The summed E-state index contributed by atoms with van der Waals surface area (Å²) < 4.78 is 11.5. The van der Waals surface area contributed by atoms with Crippen molar-refractivity contribution in [3.05, 3.63) is 35.4 Å². The van der Waals surface area contributed by atoms with Crippen LogP contribution in [0.4, 0.5) is 0 Å². The van der Waals surface area contributed by atoms with Crippen LogP contribution in [0.3, 0.4) is 0 Å². The van der Waals surface area contributed by atoms with Crippen molar-refractivity contribution in [1.29, 1.82) is 0 Å². The summed E-state index contributed by atoms with van der Waals surface area (Å²) in [5.74, 6) is 1.38. The molecule has 1 saturated heterocycles. The number of nitrogens with one attached hydrogen (secondary N) is 2. The minimum atomic E-state index is 0.0903. The van der Waals surface area contributed by atoms with Crippen LogP contribution in [0.2, 0.25) is 0 Å². The number of aliphatic imine (C=N–C) groups is 1. The summed E-state index contributed by atoms with van der Waals surface area (Å²) >= 11 is 0. The molecule has 28 heavy (non-hydrogen) atoms. The molecule has 0 amide bonds. The molecule has 0 aliphatic carbocycles. The molecule has 1 unspecified atom stereocenters. The van der Waals surface area contributed by atoms with Gasteiger partial charge in [0.2, 0.25) is 0 Å². The van der Waals surface area contributed by atoms with Gasteiger partial charge in [0.15, 0.2) is 5.96 Å². The van der Waals surface area contributed by atoms with E-state index in [-0.39, 0.29) is 11.5 Å². The van der Waals surface area contributed by atoms with E-state index in [4.69, 9.17) is 9.47 Å². The monoisotopic (exact) mass is 389 g/mol. The van der Waals surface area contributed by atoms with Crippen LogP contribution in [0, 0.1) is 12.8 Å². The number of guanidine groups is 1. The fourth-order valence-corrected chi connectivity index (χ4v) is 4.10. The molecular weight excluding hydrogens is 350 g/mol. The van der Waals surface area contributed by atoms with Crippen LogP contribution >= 0.6 is 0 Å². The van der Waals surface area contributed by atoms with Crippen LogP contribution < -0.4 is 10.6 Å². The topological polar surface area (TPSA) is 54.9 Å². The van der Waals surface area contributed by atoms with Gasteiger partial charge >= 0.3 is 0 Å². The fourth-order valence-electron chi connectivity index (χ4n) is 4.10. The first-order valence-electron chi connectivity index (χ1n) is 10.7. The van der Waals surface area contributed by atoms with Gasteiger partial charge in [0.05, 0.1) is 6.10 Å². The number of aryl methyl sites for hydroxylation is 1. The van der Waals surface area contributed by atoms with Gasteiger partial charge in [0.25, 0.3) is 0 Å². The Hall–Kier alpha value is -1.59. The first-order valence-corrected chi connectivity index (χ1v) is 10.7. The lowest BCUT2D eigenvalue weighted by molar-refractivity contribution is 0.0258. The Kier molecular flexibility index (Phi) is 9.26. The van der Waals surface area contributed by atoms with Crippen LogP contribution in [-0.2, 0) is 14.9 Å². The number of rotatable bonds is 9. The average molecular weight is 390 g/mol. The lowest BCUT2D eigenvalue weighted by atomic mass is 9.72. The van der Waals surface area contributed by atoms with E-state index < -0.39 is 0 Å². The Balaban J connectivity index is 1.97. The SMILES string of the molecule is CCOC(CCNC(=NC)NCC1(c2ccccc2C)CCOCC1)C(C)C. The Labute approximate surface area is 171 Å². The zero-order valence-corrected chi connectivity index (χ0v) is 18.4. The van der Waals surface area contributed by atoms with Crippen molar-refractivity contribution in [1.82, 2.24) is 10.6 Å². The first-order chi connectivity index (χ1) is 13.5. The second kappa shape index (κ2) is 11.4. The van der Waals surface area contributed by atoms with Crippen molar-refractivity contribution < 1.29 is 9.47 Å². The van der Waals surface area contributed by atoms with Gasteiger partial charge in [0, 0.05) is 45.4 Å². The van der Waals surface area contributed by atoms with E-state index >= 15 is 0 Å². The van der Waals surface area contributed by atoms with E-state index in [1.165, 1.54) is 11.1 Å². The van der Waals surface area contributed by atoms with Gasteiger partial charge in [-0.1, -0.05) is 38.1 Å². The molecule has 0 aromatic heterocycles. The summed E-state index contributed by atoms with van der Waals surface area (Å²) in [7, 11) is 1.84. The highest BCUT2D eigenvalue weighted by atomic mass is 16.5. The number of hydrogen-bond acceptors (Lipinski definition) is 3. The molecule has 1 aromatic carbocycles. The van der Waals surface area contributed by atoms with Gasteiger partial charge < -0.3 is 20.1 Å². The highest BCUT2D eigenvalue weighted by Crippen LogP contribution is 2.36. The number of ether oxygens (including phenoxy) is 2. The summed E-state index contributed by atoms with van der Waals surface area (Å²) in [6.07, 6.45) is 3.32. The normalized spacial score (nSPS) is 18.1. The van der Waals surface area contributed by atoms with E-state index in [9.17, 15) is 0 Å². The Bertz CT molecular complexity index is 610. The Morgan fingerprint density at radius 1 is 1.21 bits per heavy atom. The van der Waals surface area contributed by atoms with Gasteiger partial charge in [0.1, 0.15) is 0 Å². The average Bonchev–Trinajstić information content (AvgIpc) is 2.70. The van der Waals surface area contributed by atoms with Crippen molar-refractivity contribution in [3.63, 3.8) is 0 Å². The highest BCUT2D eigenvalue weighted by molar-refractivity contribution is 5.79. The third-order valence-corrected chi connectivity index (χ3v) is 5.83. The van der Waals surface area contributed by atoms with E-state index in [2.05, 4.69) is 67.6 Å². The molecule has 0 radical (unpaired) electrons. The molecule has 1 fully saturated rings. The fraction of sp³-hybridized carbons (Fsp3) is 0.696. The molecule has 1 heterocycles. The second-order valence-electron chi connectivity index (χ2n) is 8.09. The summed E-state index contributed by atoms with van der Waals surface area (Å²) in [6.45, 7) is 12.8. The molecule has 5 nitrogen and oxygen atoms in total. The predicted molar refractivity (Wildman–Crippen MR) is 117 cm³/mol. The van der Waals surface area contributed by atoms with E-state index in [0.29, 0.717) is 5.92 Å². The lowest BCUT2D eigenvalue weighted by Gasteiger charge is -2.39. The molecule has 0 bridgehead atoms. The summed E-state index contributed by atoms with van der Waals surface area (Å²) in [5.41, 5.74) is 2.87. The summed E-state index contributed by atoms with van der Waals surface area (Å²) in [5, 5.41) is 7.05. The summed E-state index contributed by atoms with van der Waals surface area (Å²) in [6, 6.07) is 8.74. The van der Waals surface area contributed by atoms with E-state index in [1.54, 1.807) is 0 Å². The molecule has 0 spiro atoms. The van der Waals surface area contributed by atoms with Gasteiger partial charge in [-0.2, -0.15) is 0 Å². The molecule has 2 rings (SSSR count). The molecule has 158 valence electrons. The second-order valence-corrected chi connectivity index (χ2v) is 8.09. The van der Waals surface area contributed by atoms with Crippen molar-refractivity contribution in [2.45, 2.75) is 58.5 Å². The maximum Gasteiger partial charge on any atom is 0.191 e. The molecule has 1 aliphatic rings. The first kappa shape index (κ1) is 22.7. The minimum Gasteiger partial charge on any atom is -0.381 e. The standard InChI is InChI=1S/C23H39N3O2/c1-6-28-21(18(2)3)11-14-25-22(24-5)26-17-23(12-15-27-16-13-23)20-10-8-7-9-19(20)4/h7-10,18,21H,6,11-17H2,1-5H3,(H2,24,25,26). The maximum absolute atomic E-state index is 5.85. The number of benzene rings is 1.